The average molecular weight is 213 g/mol. The summed E-state index contributed by atoms with van der Waals surface area (Å²) in [7, 11) is -4.28. The van der Waals surface area contributed by atoms with Crippen LogP contribution >= 0.6 is 7.60 Å². The van der Waals surface area contributed by atoms with Crippen molar-refractivity contribution in [2.75, 3.05) is 6.16 Å². The van der Waals surface area contributed by atoms with E-state index in [0.29, 0.717) is 0 Å². The maximum absolute atomic E-state index is 10.8. The molecule has 0 aromatic rings. The number of carbonyl (C=O) groups excluding carboxylic acids is 1. The van der Waals surface area contributed by atoms with Crippen LogP contribution in [0.2, 0.25) is 0 Å². The summed E-state index contributed by atoms with van der Waals surface area (Å²) in [6, 6.07) is 0. The van der Waals surface area contributed by atoms with E-state index in [0.717, 1.165) is 0 Å². The Balaban J connectivity index is 0. The van der Waals surface area contributed by atoms with Gasteiger partial charge in [0, 0.05) is 0 Å². The Morgan fingerprint density at radius 3 is 2.00 bits per heavy atom. The van der Waals surface area contributed by atoms with Gasteiger partial charge in [0.1, 0.15) is 11.8 Å². The smallest absolute Gasteiger partial charge is 0.336 e. The normalized spacial score (nSPS) is 11.8. The summed E-state index contributed by atoms with van der Waals surface area (Å²) in [5.41, 5.74) is -0.702. The molecule has 0 aliphatic rings. The van der Waals surface area contributed by atoms with Crippen molar-refractivity contribution < 1.29 is 23.9 Å². The van der Waals surface area contributed by atoms with Crippen LogP contribution in [0.5, 0.6) is 0 Å². The zero-order valence-corrected chi connectivity index (χ0v) is 8.88. The topological polar surface area (TPSA) is 119 Å². The summed E-state index contributed by atoms with van der Waals surface area (Å²) in [4.78, 5) is 27.6. The van der Waals surface area contributed by atoms with Crippen molar-refractivity contribution in [3.05, 3.63) is 0 Å². The molecule has 0 aliphatic carbocycles. The van der Waals surface area contributed by atoms with Crippen molar-refractivity contribution in [2.45, 2.75) is 26.4 Å². The Morgan fingerprint density at radius 1 is 1.38 bits per heavy atom. The molecule has 0 radical (unpaired) electrons. The fourth-order valence-electron chi connectivity index (χ4n) is 0.542. The Morgan fingerprint density at radius 2 is 1.77 bits per heavy atom. The SMILES string of the molecule is CC(C)(C)OC(=O)CP(=O)(O)O.N. The lowest BCUT2D eigenvalue weighted by Crippen LogP contribution is -2.25. The third-order valence-corrected chi connectivity index (χ3v) is 1.43. The van der Waals surface area contributed by atoms with Crippen LogP contribution in [0.15, 0.2) is 0 Å². The van der Waals surface area contributed by atoms with Crippen molar-refractivity contribution in [2.24, 2.45) is 0 Å². The zero-order valence-electron chi connectivity index (χ0n) is 7.98. The van der Waals surface area contributed by atoms with Gasteiger partial charge in [-0.2, -0.15) is 0 Å². The molecule has 80 valence electrons. The second-order valence-electron chi connectivity index (χ2n) is 3.41. The van der Waals surface area contributed by atoms with E-state index in [2.05, 4.69) is 4.74 Å². The molecule has 0 rings (SSSR count). The van der Waals surface area contributed by atoms with E-state index in [1.165, 1.54) is 0 Å². The predicted octanol–water partition coefficient (Wildman–Crippen LogP) is 0.668. The molecule has 0 fully saturated rings. The van der Waals surface area contributed by atoms with E-state index < -0.39 is 25.3 Å². The van der Waals surface area contributed by atoms with Crippen molar-refractivity contribution >= 4 is 13.6 Å². The number of carbonyl (C=O) groups is 1. The summed E-state index contributed by atoms with van der Waals surface area (Å²) in [5, 5.41) is 0. The van der Waals surface area contributed by atoms with Gasteiger partial charge < -0.3 is 20.7 Å². The van der Waals surface area contributed by atoms with E-state index in [9.17, 15) is 9.36 Å². The first kappa shape index (κ1) is 15.1. The zero-order chi connectivity index (χ0) is 9.99. The number of hydrogen-bond donors (Lipinski definition) is 3. The molecule has 0 aromatic carbocycles. The molecule has 0 bridgehead atoms. The van der Waals surface area contributed by atoms with E-state index >= 15 is 0 Å². The number of rotatable bonds is 2. The van der Waals surface area contributed by atoms with Crippen LogP contribution in [-0.2, 0) is 14.1 Å². The van der Waals surface area contributed by atoms with Crippen molar-refractivity contribution in [1.82, 2.24) is 6.15 Å². The Kier molecular flexibility index (Phi) is 5.47. The highest BCUT2D eigenvalue weighted by Crippen LogP contribution is 2.34. The van der Waals surface area contributed by atoms with Crippen LogP contribution in [-0.4, -0.2) is 27.5 Å². The molecule has 0 unspecified atom stereocenters. The van der Waals surface area contributed by atoms with Gasteiger partial charge in [-0.3, -0.25) is 9.36 Å². The van der Waals surface area contributed by atoms with Crippen LogP contribution in [0.25, 0.3) is 0 Å². The lowest BCUT2D eigenvalue weighted by molar-refractivity contribution is -0.151. The summed E-state index contributed by atoms with van der Waals surface area (Å²) >= 11 is 0. The molecule has 0 heterocycles. The molecular formula is C6H16NO5P. The van der Waals surface area contributed by atoms with Gasteiger partial charge in [-0.05, 0) is 20.8 Å². The fraction of sp³-hybridized carbons (Fsp3) is 0.833. The molecule has 0 atom stereocenters. The molecule has 0 saturated heterocycles. The van der Waals surface area contributed by atoms with Gasteiger partial charge in [-0.25, -0.2) is 0 Å². The second kappa shape index (κ2) is 4.72. The van der Waals surface area contributed by atoms with Crippen LogP contribution in [0, 0.1) is 0 Å². The molecular weight excluding hydrogens is 197 g/mol. The molecule has 0 saturated carbocycles. The monoisotopic (exact) mass is 213 g/mol. The van der Waals surface area contributed by atoms with Gasteiger partial charge in [-0.1, -0.05) is 0 Å². The number of esters is 1. The third-order valence-electron chi connectivity index (χ3n) is 0.755. The van der Waals surface area contributed by atoms with Gasteiger partial charge >= 0.3 is 13.6 Å². The molecule has 0 amide bonds. The minimum atomic E-state index is -4.28. The highest BCUT2D eigenvalue weighted by molar-refractivity contribution is 7.52. The van der Waals surface area contributed by atoms with Crippen LogP contribution in [0.4, 0.5) is 0 Å². The van der Waals surface area contributed by atoms with Gasteiger partial charge in [0.25, 0.3) is 0 Å². The first-order valence-corrected chi connectivity index (χ1v) is 5.16. The molecule has 5 N–H and O–H groups in total. The lowest BCUT2D eigenvalue weighted by Gasteiger charge is -2.19. The summed E-state index contributed by atoms with van der Waals surface area (Å²) in [5.74, 6) is -0.879. The first-order chi connectivity index (χ1) is 5.10. The maximum Gasteiger partial charge on any atom is 0.336 e. The van der Waals surface area contributed by atoms with E-state index in [1.54, 1.807) is 20.8 Å². The molecule has 6 nitrogen and oxygen atoms in total. The van der Waals surface area contributed by atoms with Crippen LogP contribution in [0.3, 0.4) is 0 Å². The van der Waals surface area contributed by atoms with Gasteiger partial charge in [0.05, 0.1) is 0 Å². The van der Waals surface area contributed by atoms with Gasteiger partial charge in [0.15, 0.2) is 0 Å². The van der Waals surface area contributed by atoms with Gasteiger partial charge in [0.2, 0.25) is 0 Å². The van der Waals surface area contributed by atoms with Crippen molar-refractivity contribution in [1.29, 1.82) is 0 Å². The number of hydrogen-bond acceptors (Lipinski definition) is 4. The Hall–Kier alpha value is -0.420. The first-order valence-electron chi connectivity index (χ1n) is 3.36. The van der Waals surface area contributed by atoms with Crippen molar-refractivity contribution in [3.8, 4) is 0 Å². The van der Waals surface area contributed by atoms with E-state index in [-0.39, 0.29) is 6.15 Å². The molecule has 0 aliphatic heterocycles. The summed E-state index contributed by atoms with van der Waals surface area (Å²) in [6.45, 7) is 4.89. The quantitative estimate of drug-likeness (QED) is 0.458. The Bertz CT molecular complexity index is 216. The van der Waals surface area contributed by atoms with Crippen LogP contribution in [0.1, 0.15) is 20.8 Å². The summed E-state index contributed by atoms with van der Waals surface area (Å²) in [6.07, 6.45) is -0.857. The molecule has 7 heteroatoms. The summed E-state index contributed by atoms with van der Waals surface area (Å²) < 4.78 is 15.0. The van der Waals surface area contributed by atoms with Gasteiger partial charge in [-0.15, -0.1) is 0 Å². The number of ether oxygens (including phenoxy) is 1. The Labute approximate surface area is 77.0 Å². The lowest BCUT2D eigenvalue weighted by atomic mass is 10.2. The largest absolute Gasteiger partial charge is 0.459 e. The van der Waals surface area contributed by atoms with E-state index in [4.69, 9.17) is 9.79 Å². The molecule has 0 spiro atoms. The predicted molar refractivity (Wildman–Crippen MR) is 47.8 cm³/mol. The van der Waals surface area contributed by atoms with E-state index in [1.807, 2.05) is 0 Å². The minimum Gasteiger partial charge on any atom is -0.459 e. The van der Waals surface area contributed by atoms with Crippen molar-refractivity contribution in [3.63, 3.8) is 0 Å². The maximum atomic E-state index is 10.8. The third kappa shape index (κ3) is 11.6. The minimum absolute atomic E-state index is 0. The average Bonchev–Trinajstić information content (AvgIpc) is 1.49. The highest BCUT2D eigenvalue weighted by atomic mass is 31.2. The van der Waals surface area contributed by atoms with Crippen LogP contribution < -0.4 is 6.15 Å². The second-order valence-corrected chi connectivity index (χ2v) is 5.05. The fourth-order valence-corrected chi connectivity index (χ4v) is 0.943. The standard InChI is InChI=1S/C6H13O5P.H3N/c1-6(2,3)11-5(7)4-12(8,9)10;/h4H2,1-3H3,(H2,8,9,10);1H3. The molecule has 13 heavy (non-hydrogen) atoms. The molecule has 0 aromatic heterocycles. The highest BCUT2D eigenvalue weighted by Gasteiger charge is 2.24.